The lowest BCUT2D eigenvalue weighted by atomic mass is 9.97. The lowest BCUT2D eigenvalue weighted by Crippen LogP contribution is -1.88. The number of furan rings is 2. The van der Waals surface area contributed by atoms with Gasteiger partial charge in [0.2, 0.25) is 0 Å². The van der Waals surface area contributed by atoms with Crippen molar-refractivity contribution in [3.05, 3.63) is 145 Å². The van der Waals surface area contributed by atoms with Crippen LogP contribution < -0.4 is 0 Å². The third-order valence-electron chi connectivity index (χ3n) is 7.56. The Balaban J connectivity index is 1.52. The fourth-order valence-corrected chi connectivity index (χ4v) is 5.64. The zero-order chi connectivity index (χ0) is 27.1. The van der Waals surface area contributed by atoms with Gasteiger partial charge in [-0.25, -0.2) is 0 Å². The molecule has 2 heteroatoms. The second-order valence-corrected chi connectivity index (χ2v) is 10.3. The summed E-state index contributed by atoms with van der Waals surface area (Å²) in [6.07, 6.45) is 8.67. The summed E-state index contributed by atoms with van der Waals surface area (Å²) in [7, 11) is 0. The van der Waals surface area contributed by atoms with Gasteiger partial charge in [0.25, 0.3) is 0 Å². The van der Waals surface area contributed by atoms with E-state index >= 15 is 0 Å². The molecule has 7 rings (SSSR count). The number of rotatable bonds is 6. The van der Waals surface area contributed by atoms with E-state index in [2.05, 4.69) is 111 Å². The molecule has 0 saturated carbocycles. The number of hydrogen-bond acceptors (Lipinski definition) is 2. The second-order valence-electron chi connectivity index (χ2n) is 10.3. The fraction of sp³-hybridized carbons (Fsp3) is 0.0526. The van der Waals surface area contributed by atoms with E-state index in [4.69, 9.17) is 8.83 Å². The third-order valence-corrected chi connectivity index (χ3v) is 7.56. The van der Waals surface area contributed by atoms with Gasteiger partial charge in [-0.05, 0) is 65.9 Å². The summed E-state index contributed by atoms with van der Waals surface area (Å²) in [4.78, 5) is 0. The summed E-state index contributed by atoms with van der Waals surface area (Å²) >= 11 is 0. The standard InChI is InChI=1S/C38H28O2/c1-3-4-7-12-25(2)21-30-24-32-31-22-28(26-13-8-5-9-14-26)17-19-34(31)40-38(32)36-33-23-29(27-15-10-6-11-16-27)18-20-35(33)39-37(30)36/h3-20,22-24H,1,21H2,2H3/b7-4-,25-12+. The first kappa shape index (κ1) is 24.0. The average molecular weight is 517 g/mol. The quantitative estimate of drug-likeness (QED) is 0.205. The maximum absolute atomic E-state index is 6.61. The van der Waals surface area contributed by atoms with Gasteiger partial charge in [-0.15, -0.1) is 0 Å². The smallest absolute Gasteiger partial charge is 0.147 e. The maximum atomic E-state index is 6.61. The second kappa shape index (κ2) is 9.91. The molecule has 0 aliphatic heterocycles. The van der Waals surface area contributed by atoms with Crippen LogP contribution in [0.5, 0.6) is 0 Å². The van der Waals surface area contributed by atoms with E-state index < -0.39 is 0 Å². The lowest BCUT2D eigenvalue weighted by Gasteiger charge is -2.05. The Hall–Kier alpha value is -5.08. The van der Waals surface area contributed by atoms with Crippen LogP contribution in [0.1, 0.15) is 12.5 Å². The van der Waals surface area contributed by atoms with Gasteiger partial charge in [-0.1, -0.05) is 109 Å². The fourth-order valence-electron chi connectivity index (χ4n) is 5.64. The molecule has 0 bridgehead atoms. The summed E-state index contributed by atoms with van der Waals surface area (Å²) in [5.74, 6) is 0. The topological polar surface area (TPSA) is 26.3 Å². The minimum absolute atomic E-state index is 0.768. The van der Waals surface area contributed by atoms with E-state index in [1.54, 1.807) is 6.08 Å². The molecule has 2 nitrogen and oxygen atoms in total. The van der Waals surface area contributed by atoms with Crippen molar-refractivity contribution >= 4 is 43.9 Å². The van der Waals surface area contributed by atoms with Crippen LogP contribution in [-0.4, -0.2) is 0 Å². The van der Waals surface area contributed by atoms with E-state index in [1.807, 2.05) is 24.3 Å². The number of hydrogen-bond donors (Lipinski definition) is 0. The first-order chi connectivity index (χ1) is 19.7. The summed E-state index contributed by atoms with van der Waals surface area (Å²) in [5.41, 5.74) is 10.6. The van der Waals surface area contributed by atoms with E-state index in [0.29, 0.717) is 0 Å². The average Bonchev–Trinajstić information content (AvgIpc) is 3.56. The highest BCUT2D eigenvalue weighted by Gasteiger charge is 2.21. The van der Waals surface area contributed by atoms with Crippen LogP contribution in [0.4, 0.5) is 0 Å². The van der Waals surface area contributed by atoms with Gasteiger partial charge in [-0.3, -0.25) is 0 Å². The van der Waals surface area contributed by atoms with Crippen molar-refractivity contribution in [2.75, 3.05) is 0 Å². The molecular formula is C38H28O2. The van der Waals surface area contributed by atoms with Crippen LogP contribution >= 0.6 is 0 Å². The summed E-state index contributed by atoms with van der Waals surface area (Å²) < 4.78 is 13.2. The number of allylic oxidation sites excluding steroid dienone is 5. The molecule has 2 heterocycles. The molecule has 0 radical (unpaired) electrons. The minimum atomic E-state index is 0.768. The predicted octanol–water partition coefficient (Wildman–Crippen LogP) is 11.1. The molecule has 0 unspecified atom stereocenters. The Morgan fingerprint density at radius 1 is 0.625 bits per heavy atom. The van der Waals surface area contributed by atoms with Gasteiger partial charge >= 0.3 is 0 Å². The van der Waals surface area contributed by atoms with Gasteiger partial charge in [-0.2, -0.15) is 0 Å². The van der Waals surface area contributed by atoms with Crippen LogP contribution in [0.3, 0.4) is 0 Å². The molecular weight excluding hydrogens is 488 g/mol. The zero-order valence-corrected chi connectivity index (χ0v) is 22.4. The van der Waals surface area contributed by atoms with Crippen molar-refractivity contribution in [3.8, 4) is 22.3 Å². The van der Waals surface area contributed by atoms with Crippen molar-refractivity contribution in [1.82, 2.24) is 0 Å². The summed E-state index contributed by atoms with van der Waals surface area (Å²) in [6.45, 7) is 5.93. The molecule has 0 spiro atoms. The molecule has 0 N–H and O–H groups in total. The zero-order valence-electron chi connectivity index (χ0n) is 22.4. The molecule has 5 aromatic carbocycles. The van der Waals surface area contributed by atoms with Crippen molar-refractivity contribution in [2.24, 2.45) is 0 Å². The highest BCUT2D eigenvalue weighted by molar-refractivity contribution is 6.23. The van der Waals surface area contributed by atoms with Crippen LogP contribution in [0.25, 0.3) is 66.1 Å². The first-order valence-electron chi connectivity index (χ1n) is 13.6. The molecule has 0 saturated heterocycles. The Bertz CT molecular complexity index is 2080. The lowest BCUT2D eigenvalue weighted by molar-refractivity contribution is 0.659. The molecule has 40 heavy (non-hydrogen) atoms. The summed E-state index contributed by atoms with van der Waals surface area (Å²) in [6, 6.07) is 36.1. The van der Waals surface area contributed by atoms with Crippen molar-refractivity contribution in [1.29, 1.82) is 0 Å². The normalized spacial score (nSPS) is 12.4. The predicted molar refractivity (Wildman–Crippen MR) is 169 cm³/mol. The SMILES string of the molecule is C=C/C=C\C=C(/C)Cc1cc2c3cc(-c4ccccc4)ccc3oc2c2c1oc1ccc(-c3ccccc3)cc12. The van der Waals surface area contributed by atoms with Gasteiger partial charge in [0.05, 0.1) is 5.39 Å². The van der Waals surface area contributed by atoms with Crippen molar-refractivity contribution in [3.63, 3.8) is 0 Å². The van der Waals surface area contributed by atoms with E-state index in [1.165, 1.54) is 22.3 Å². The molecule has 0 aliphatic carbocycles. The highest BCUT2D eigenvalue weighted by atomic mass is 16.3. The Kier molecular flexibility index (Phi) is 5.94. The van der Waals surface area contributed by atoms with Crippen LogP contribution in [0.15, 0.2) is 148 Å². The Labute approximate surface area is 233 Å². The van der Waals surface area contributed by atoms with Crippen molar-refractivity contribution < 1.29 is 8.83 Å². The molecule has 0 fully saturated rings. The maximum Gasteiger partial charge on any atom is 0.147 e. The highest BCUT2D eigenvalue weighted by Crippen LogP contribution is 2.43. The largest absolute Gasteiger partial charge is 0.456 e. The number of fused-ring (bicyclic) bond motifs is 7. The molecule has 0 amide bonds. The van der Waals surface area contributed by atoms with E-state index in [0.717, 1.165) is 61.4 Å². The first-order valence-corrected chi connectivity index (χ1v) is 13.6. The number of benzene rings is 5. The van der Waals surface area contributed by atoms with Gasteiger partial charge < -0.3 is 8.83 Å². The van der Waals surface area contributed by atoms with Crippen LogP contribution in [0.2, 0.25) is 0 Å². The van der Waals surface area contributed by atoms with Gasteiger partial charge in [0, 0.05) is 21.7 Å². The monoisotopic (exact) mass is 516 g/mol. The minimum Gasteiger partial charge on any atom is -0.456 e. The van der Waals surface area contributed by atoms with Crippen LogP contribution in [-0.2, 0) is 6.42 Å². The van der Waals surface area contributed by atoms with Crippen LogP contribution in [0, 0.1) is 0 Å². The van der Waals surface area contributed by atoms with Crippen molar-refractivity contribution in [2.45, 2.75) is 13.3 Å². The molecule has 0 atom stereocenters. The summed E-state index contributed by atoms with van der Waals surface area (Å²) in [5, 5.41) is 4.32. The van der Waals surface area contributed by atoms with E-state index in [-0.39, 0.29) is 0 Å². The molecule has 0 aliphatic rings. The van der Waals surface area contributed by atoms with Gasteiger partial charge in [0.15, 0.2) is 0 Å². The molecule has 2 aromatic heterocycles. The Morgan fingerprint density at radius 2 is 1.23 bits per heavy atom. The van der Waals surface area contributed by atoms with Gasteiger partial charge in [0.1, 0.15) is 22.3 Å². The third kappa shape index (κ3) is 4.15. The molecule has 192 valence electrons. The Morgan fingerprint density at radius 3 is 1.88 bits per heavy atom. The van der Waals surface area contributed by atoms with E-state index in [9.17, 15) is 0 Å². The molecule has 7 aromatic rings.